The van der Waals surface area contributed by atoms with Crippen molar-refractivity contribution in [1.29, 1.82) is 0 Å². The molecule has 1 aromatic carbocycles. The number of nitrogens with zero attached hydrogens (tertiary/aromatic N) is 3. The molecule has 0 spiro atoms. The predicted octanol–water partition coefficient (Wildman–Crippen LogP) is 2.23. The summed E-state index contributed by atoms with van der Waals surface area (Å²) in [6, 6.07) is 11.3. The fraction of sp³-hybridized carbons (Fsp3) is 0.440. The van der Waals surface area contributed by atoms with Gasteiger partial charge in [0.05, 0.1) is 6.42 Å². The van der Waals surface area contributed by atoms with E-state index in [-0.39, 0.29) is 23.8 Å². The molecule has 2 aromatic rings. The lowest BCUT2D eigenvalue weighted by atomic mass is 10.0. The highest BCUT2D eigenvalue weighted by Gasteiger charge is 2.41. The molecule has 168 valence electrons. The van der Waals surface area contributed by atoms with Gasteiger partial charge in [-0.3, -0.25) is 19.4 Å². The Morgan fingerprint density at radius 3 is 2.59 bits per heavy atom. The minimum Gasteiger partial charge on any atom is -0.350 e. The lowest BCUT2D eigenvalue weighted by molar-refractivity contribution is -0.140. The minimum atomic E-state index is -0.432. The van der Waals surface area contributed by atoms with Crippen LogP contribution < -0.4 is 5.32 Å². The number of likely N-dealkylation sites (tertiary alicyclic amines) is 2. The summed E-state index contributed by atoms with van der Waals surface area (Å²) in [4.78, 5) is 45.9. The van der Waals surface area contributed by atoms with Gasteiger partial charge in [-0.15, -0.1) is 0 Å². The summed E-state index contributed by atoms with van der Waals surface area (Å²) in [6.45, 7) is 3.65. The largest absolute Gasteiger partial charge is 0.350 e. The summed E-state index contributed by atoms with van der Waals surface area (Å²) in [5.74, 6) is 0.0429. The molecule has 0 bridgehead atoms. The monoisotopic (exact) mass is 434 g/mol. The molecule has 32 heavy (non-hydrogen) atoms. The predicted molar refractivity (Wildman–Crippen MR) is 120 cm³/mol. The van der Waals surface area contributed by atoms with E-state index in [9.17, 15) is 14.4 Å². The number of aromatic nitrogens is 1. The van der Waals surface area contributed by atoms with E-state index in [0.717, 1.165) is 16.7 Å². The van der Waals surface area contributed by atoms with E-state index < -0.39 is 6.04 Å². The van der Waals surface area contributed by atoms with E-state index in [1.165, 1.54) is 0 Å². The fourth-order valence-corrected chi connectivity index (χ4v) is 4.73. The first-order valence-electron chi connectivity index (χ1n) is 11.3. The first kappa shape index (κ1) is 22.0. The summed E-state index contributed by atoms with van der Waals surface area (Å²) < 4.78 is 0. The van der Waals surface area contributed by atoms with Gasteiger partial charge in [-0.2, -0.15) is 0 Å². The van der Waals surface area contributed by atoms with Crippen molar-refractivity contribution in [2.24, 2.45) is 0 Å². The highest BCUT2D eigenvalue weighted by atomic mass is 16.2. The molecule has 0 saturated carbocycles. The Kier molecular flexibility index (Phi) is 6.83. The van der Waals surface area contributed by atoms with Crippen molar-refractivity contribution >= 4 is 17.7 Å². The molecule has 1 unspecified atom stereocenters. The van der Waals surface area contributed by atoms with Gasteiger partial charge < -0.3 is 15.1 Å². The zero-order valence-electron chi connectivity index (χ0n) is 18.5. The average molecular weight is 435 g/mol. The van der Waals surface area contributed by atoms with Gasteiger partial charge in [-0.25, -0.2) is 0 Å². The molecule has 0 aliphatic carbocycles. The van der Waals surface area contributed by atoms with Gasteiger partial charge in [0.15, 0.2) is 0 Å². The van der Waals surface area contributed by atoms with Gasteiger partial charge in [0.25, 0.3) is 0 Å². The molecule has 7 heteroatoms. The smallest absolute Gasteiger partial charge is 0.243 e. The number of carbonyl (C=O) groups is 3. The molecule has 3 heterocycles. The number of amides is 3. The third kappa shape index (κ3) is 5.15. The first-order valence-corrected chi connectivity index (χ1v) is 11.3. The van der Waals surface area contributed by atoms with Gasteiger partial charge in [-0.1, -0.05) is 35.9 Å². The topological polar surface area (TPSA) is 82.6 Å². The molecule has 1 atom stereocenters. The summed E-state index contributed by atoms with van der Waals surface area (Å²) in [5.41, 5.74) is 3.10. The summed E-state index contributed by atoms with van der Waals surface area (Å²) in [7, 11) is 0. The molecule has 7 nitrogen and oxygen atoms in total. The second-order valence-electron chi connectivity index (χ2n) is 8.71. The Morgan fingerprint density at radius 2 is 1.88 bits per heavy atom. The SMILES string of the molecule is Cc1cccc(CC(=O)N2CCC(N3C(=O)CCC3C(=O)NCc3cccnc3)CC2)c1. The summed E-state index contributed by atoms with van der Waals surface area (Å²) in [5, 5.41) is 2.95. The molecule has 3 amide bonds. The lowest BCUT2D eigenvalue weighted by Gasteiger charge is -2.39. The van der Waals surface area contributed by atoms with Crippen LogP contribution in [0.1, 0.15) is 42.4 Å². The number of benzene rings is 1. The molecular weight excluding hydrogens is 404 g/mol. The number of nitrogens with one attached hydrogen (secondary N) is 1. The van der Waals surface area contributed by atoms with Crippen LogP contribution in [0.5, 0.6) is 0 Å². The number of pyridine rings is 1. The van der Waals surface area contributed by atoms with E-state index in [0.29, 0.717) is 51.7 Å². The molecular formula is C25H30N4O3. The van der Waals surface area contributed by atoms with Crippen molar-refractivity contribution in [3.05, 3.63) is 65.5 Å². The molecule has 2 saturated heterocycles. The van der Waals surface area contributed by atoms with Crippen molar-refractivity contribution < 1.29 is 14.4 Å². The van der Waals surface area contributed by atoms with Gasteiger partial charge in [0, 0.05) is 44.5 Å². The van der Waals surface area contributed by atoms with Crippen molar-refractivity contribution in [3.8, 4) is 0 Å². The lowest BCUT2D eigenvalue weighted by Crippen LogP contribution is -2.53. The molecule has 2 aliphatic heterocycles. The second kappa shape index (κ2) is 9.94. The van der Waals surface area contributed by atoms with Crippen LogP contribution in [0.2, 0.25) is 0 Å². The highest BCUT2D eigenvalue weighted by Crippen LogP contribution is 2.27. The van der Waals surface area contributed by atoms with E-state index in [1.807, 2.05) is 48.2 Å². The maximum Gasteiger partial charge on any atom is 0.243 e. The average Bonchev–Trinajstić information content (AvgIpc) is 3.19. The van der Waals surface area contributed by atoms with E-state index >= 15 is 0 Å². The Hall–Kier alpha value is -3.22. The maximum absolute atomic E-state index is 12.8. The number of rotatable bonds is 6. The van der Waals surface area contributed by atoms with Crippen LogP contribution in [0.4, 0.5) is 0 Å². The van der Waals surface area contributed by atoms with E-state index in [2.05, 4.69) is 10.3 Å². The molecule has 2 aliphatic rings. The van der Waals surface area contributed by atoms with Gasteiger partial charge in [0.2, 0.25) is 17.7 Å². The van der Waals surface area contributed by atoms with Gasteiger partial charge in [-0.05, 0) is 43.4 Å². The molecule has 2 fully saturated rings. The molecule has 1 N–H and O–H groups in total. The zero-order valence-corrected chi connectivity index (χ0v) is 18.5. The molecule has 0 radical (unpaired) electrons. The van der Waals surface area contributed by atoms with E-state index in [1.54, 1.807) is 17.3 Å². The summed E-state index contributed by atoms with van der Waals surface area (Å²) >= 11 is 0. The minimum absolute atomic E-state index is 0.00200. The van der Waals surface area contributed by atoms with Crippen LogP contribution in [0.25, 0.3) is 0 Å². The van der Waals surface area contributed by atoms with E-state index in [4.69, 9.17) is 0 Å². The van der Waals surface area contributed by atoms with Crippen LogP contribution in [0, 0.1) is 6.92 Å². The number of piperidine rings is 1. The van der Waals surface area contributed by atoms with Crippen molar-refractivity contribution in [2.45, 2.75) is 57.7 Å². The van der Waals surface area contributed by atoms with Crippen LogP contribution in [-0.2, 0) is 27.3 Å². The van der Waals surface area contributed by atoms with Crippen LogP contribution in [-0.4, -0.2) is 57.7 Å². The number of hydrogen-bond acceptors (Lipinski definition) is 4. The Morgan fingerprint density at radius 1 is 1.09 bits per heavy atom. The number of aryl methyl sites for hydroxylation is 1. The fourth-order valence-electron chi connectivity index (χ4n) is 4.73. The van der Waals surface area contributed by atoms with Crippen molar-refractivity contribution in [1.82, 2.24) is 20.1 Å². The van der Waals surface area contributed by atoms with Crippen LogP contribution >= 0.6 is 0 Å². The van der Waals surface area contributed by atoms with Crippen molar-refractivity contribution in [3.63, 3.8) is 0 Å². The maximum atomic E-state index is 12.8. The summed E-state index contributed by atoms with van der Waals surface area (Å²) in [6.07, 6.45) is 6.17. The van der Waals surface area contributed by atoms with Gasteiger partial charge >= 0.3 is 0 Å². The Balaban J connectivity index is 1.31. The molecule has 4 rings (SSSR count). The standard InChI is InChI=1S/C25H30N4O3/c1-18-4-2-5-19(14-18)15-24(31)28-12-9-21(10-13-28)29-22(7-8-23(29)30)25(32)27-17-20-6-3-11-26-16-20/h2-6,11,14,16,21-22H,7-10,12-13,15,17H2,1H3,(H,27,32). The number of carbonyl (C=O) groups excluding carboxylic acids is 3. The third-order valence-corrected chi connectivity index (χ3v) is 6.40. The zero-order chi connectivity index (χ0) is 22.5. The van der Waals surface area contributed by atoms with Crippen molar-refractivity contribution in [2.75, 3.05) is 13.1 Å². The van der Waals surface area contributed by atoms with Crippen LogP contribution in [0.3, 0.4) is 0 Å². The Labute approximate surface area is 188 Å². The normalized spacial score (nSPS) is 19.3. The van der Waals surface area contributed by atoms with Crippen LogP contribution in [0.15, 0.2) is 48.8 Å². The number of hydrogen-bond donors (Lipinski definition) is 1. The highest BCUT2D eigenvalue weighted by molar-refractivity contribution is 5.91. The quantitative estimate of drug-likeness (QED) is 0.756. The third-order valence-electron chi connectivity index (χ3n) is 6.40. The Bertz CT molecular complexity index is 970. The second-order valence-corrected chi connectivity index (χ2v) is 8.71. The van der Waals surface area contributed by atoms with Gasteiger partial charge in [0.1, 0.15) is 6.04 Å². The first-order chi connectivity index (χ1) is 15.5. The molecule has 1 aromatic heterocycles.